The molecule has 0 atom stereocenters. The van der Waals surface area contributed by atoms with Gasteiger partial charge < -0.3 is 21.1 Å². The zero-order valence-corrected chi connectivity index (χ0v) is 14.3. The Balaban J connectivity index is 1.93. The summed E-state index contributed by atoms with van der Waals surface area (Å²) >= 11 is 0. The topological polar surface area (TPSA) is 102 Å². The van der Waals surface area contributed by atoms with Gasteiger partial charge in [0.2, 0.25) is 5.95 Å². The van der Waals surface area contributed by atoms with Gasteiger partial charge in [-0.2, -0.15) is 18.2 Å². The molecule has 1 aliphatic carbocycles. The first-order valence-electron chi connectivity index (χ1n) is 7.85. The lowest BCUT2D eigenvalue weighted by molar-refractivity contribution is -0.137. The number of nitrogens with two attached hydrogens (primary N) is 1. The van der Waals surface area contributed by atoms with E-state index in [2.05, 4.69) is 20.6 Å². The Bertz CT molecular complexity index is 639. The molecule has 0 aliphatic heterocycles. The van der Waals surface area contributed by atoms with E-state index in [-0.39, 0.29) is 18.3 Å². The maximum atomic E-state index is 12.9. The molecule has 2 rings (SSSR count). The molecule has 0 saturated heterocycles. The van der Waals surface area contributed by atoms with Crippen molar-refractivity contribution in [2.75, 3.05) is 17.6 Å². The largest absolute Gasteiger partial charge is 0.444 e. The molecule has 4 N–H and O–H groups in total. The second kappa shape index (κ2) is 6.57. The summed E-state index contributed by atoms with van der Waals surface area (Å²) in [4.78, 5) is 18.8. The number of hydrogen-bond acceptors (Lipinski definition) is 6. The van der Waals surface area contributed by atoms with Gasteiger partial charge in [-0.1, -0.05) is 0 Å². The van der Waals surface area contributed by atoms with Gasteiger partial charge in [0.15, 0.2) is 0 Å². The summed E-state index contributed by atoms with van der Waals surface area (Å²) in [7, 11) is 0. The Labute approximate surface area is 143 Å². The van der Waals surface area contributed by atoms with Crippen LogP contribution in [0.3, 0.4) is 0 Å². The normalized spacial score (nSPS) is 16.2. The number of alkyl carbamates (subject to hydrolysis) is 1. The zero-order valence-electron chi connectivity index (χ0n) is 14.3. The van der Waals surface area contributed by atoms with Gasteiger partial charge in [-0.15, -0.1) is 0 Å². The maximum Gasteiger partial charge on any atom is 0.421 e. The monoisotopic (exact) mass is 361 g/mol. The molecule has 1 amide bonds. The van der Waals surface area contributed by atoms with Crippen LogP contribution in [0.4, 0.5) is 29.7 Å². The van der Waals surface area contributed by atoms with Crippen molar-refractivity contribution in [2.24, 2.45) is 0 Å². The van der Waals surface area contributed by atoms with E-state index in [0.29, 0.717) is 12.6 Å². The van der Waals surface area contributed by atoms with Crippen LogP contribution in [0.15, 0.2) is 6.20 Å². The molecule has 1 heterocycles. The van der Waals surface area contributed by atoms with Crippen molar-refractivity contribution in [3.05, 3.63) is 11.8 Å². The summed E-state index contributed by atoms with van der Waals surface area (Å²) in [6.45, 7) is 5.46. The van der Waals surface area contributed by atoms with Gasteiger partial charge in [-0.3, -0.25) is 0 Å². The Hall–Kier alpha value is -2.26. The van der Waals surface area contributed by atoms with E-state index in [0.717, 1.165) is 12.8 Å². The molecule has 1 aliphatic rings. The fourth-order valence-electron chi connectivity index (χ4n) is 2.27. The van der Waals surface area contributed by atoms with Crippen molar-refractivity contribution in [3.8, 4) is 0 Å². The van der Waals surface area contributed by atoms with Gasteiger partial charge in [-0.05, 0) is 40.0 Å². The summed E-state index contributed by atoms with van der Waals surface area (Å²) in [6.07, 6.45) is -2.54. The molecule has 1 aromatic rings. The highest BCUT2D eigenvalue weighted by Crippen LogP contribution is 2.39. The van der Waals surface area contributed by atoms with Crippen LogP contribution in [-0.2, 0) is 10.9 Å². The lowest BCUT2D eigenvalue weighted by Crippen LogP contribution is -2.41. The Kier molecular flexibility index (Phi) is 5.01. The molecule has 1 aromatic heterocycles. The number of carbonyl (C=O) groups is 1. The van der Waals surface area contributed by atoms with Crippen molar-refractivity contribution >= 4 is 17.9 Å². The smallest absolute Gasteiger partial charge is 0.421 e. The van der Waals surface area contributed by atoms with Crippen molar-refractivity contribution < 1.29 is 22.7 Å². The Morgan fingerprint density at radius 3 is 2.52 bits per heavy atom. The van der Waals surface area contributed by atoms with Gasteiger partial charge in [0.25, 0.3) is 0 Å². The Morgan fingerprint density at radius 2 is 2.00 bits per heavy atom. The van der Waals surface area contributed by atoms with Crippen LogP contribution >= 0.6 is 0 Å². The van der Waals surface area contributed by atoms with E-state index in [1.54, 1.807) is 20.8 Å². The quantitative estimate of drug-likeness (QED) is 0.745. The summed E-state index contributed by atoms with van der Waals surface area (Å²) in [5, 5.41) is 5.42. The zero-order chi connectivity index (χ0) is 18.9. The number of halogens is 3. The van der Waals surface area contributed by atoms with E-state index in [9.17, 15) is 18.0 Å². The van der Waals surface area contributed by atoms with Crippen LogP contribution in [0.1, 0.15) is 45.6 Å². The SMILES string of the molecule is CC(C)(C)OC(=O)NC1(CCNc2nc(N)ncc2C(F)(F)F)CC1. The average Bonchev–Trinajstić information content (AvgIpc) is 3.14. The van der Waals surface area contributed by atoms with Gasteiger partial charge in [0, 0.05) is 18.3 Å². The van der Waals surface area contributed by atoms with E-state index < -0.39 is 29.0 Å². The van der Waals surface area contributed by atoms with Crippen LogP contribution in [-0.4, -0.2) is 33.7 Å². The predicted octanol–water partition coefficient (Wildman–Crippen LogP) is 2.94. The van der Waals surface area contributed by atoms with Gasteiger partial charge >= 0.3 is 12.3 Å². The number of rotatable bonds is 5. The number of ether oxygens (including phenoxy) is 1. The molecule has 1 saturated carbocycles. The first-order valence-corrected chi connectivity index (χ1v) is 7.85. The number of hydrogen-bond donors (Lipinski definition) is 3. The lowest BCUT2D eigenvalue weighted by atomic mass is 10.1. The van der Waals surface area contributed by atoms with Gasteiger partial charge in [0.1, 0.15) is 17.0 Å². The number of alkyl halides is 3. The molecule has 0 spiro atoms. The van der Waals surface area contributed by atoms with Crippen molar-refractivity contribution in [1.29, 1.82) is 0 Å². The summed E-state index contributed by atoms with van der Waals surface area (Å²) in [5.74, 6) is -0.614. The molecule has 140 valence electrons. The van der Waals surface area contributed by atoms with Gasteiger partial charge in [0.05, 0.1) is 0 Å². The molecule has 0 radical (unpaired) electrons. The van der Waals surface area contributed by atoms with E-state index in [1.807, 2.05) is 0 Å². The summed E-state index contributed by atoms with van der Waals surface area (Å²) in [5.41, 5.74) is 3.32. The highest BCUT2D eigenvalue weighted by Gasteiger charge is 2.44. The standard InChI is InChI=1S/C15H22F3N5O2/c1-13(2,3)25-12(24)23-14(4-5-14)6-7-20-10-9(15(16,17)18)8-21-11(19)22-10/h8H,4-7H2,1-3H3,(H,23,24)(H3,19,20,21,22). The van der Waals surface area contributed by atoms with E-state index in [1.165, 1.54) is 0 Å². The first kappa shape index (κ1) is 19.1. The number of carbonyl (C=O) groups excluding carboxylic acids is 1. The summed E-state index contributed by atoms with van der Waals surface area (Å²) < 4.78 is 44.0. The Morgan fingerprint density at radius 1 is 1.36 bits per heavy atom. The van der Waals surface area contributed by atoms with Crippen molar-refractivity contribution in [2.45, 2.75) is 57.3 Å². The minimum absolute atomic E-state index is 0.190. The molecule has 25 heavy (non-hydrogen) atoms. The second-order valence-corrected chi connectivity index (χ2v) is 7.07. The van der Waals surface area contributed by atoms with Crippen LogP contribution in [0.2, 0.25) is 0 Å². The first-order chi connectivity index (χ1) is 11.4. The fraction of sp³-hybridized carbons (Fsp3) is 0.667. The van der Waals surface area contributed by atoms with E-state index in [4.69, 9.17) is 10.5 Å². The molecule has 7 nitrogen and oxygen atoms in total. The molecule has 0 unspecified atom stereocenters. The molecule has 0 aromatic carbocycles. The minimum Gasteiger partial charge on any atom is -0.444 e. The van der Waals surface area contributed by atoms with Crippen LogP contribution in [0, 0.1) is 0 Å². The number of nitrogens with zero attached hydrogens (tertiary/aromatic N) is 2. The summed E-state index contributed by atoms with van der Waals surface area (Å²) in [6, 6.07) is 0. The molecule has 10 heteroatoms. The highest BCUT2D eigenvalue weighted by atomic mass is 19.4. The maximum absolute atomic E-state index is 12.9. The molecule has 1 fully saturated rings. The average molecular weight is 361 g/mol. The van der Waals surface area contributed by atoms with Crippen LogP contribution in [0.5, 0.6) is 0 Å². The predicted molar refractivity (Wildman–Crippen MR) is 85.9 cm³/mol. The third-order valence-corrected chi connectivity index (χ3v) is 3.63. The third-order valence-electron chi connectivity index (χ3n) is 3.63. The minimum atomic E-state index is -4.58. The number of aromatic nitrogens is 2. The van der Waals surface area contributed by atoms with Crippen LogP contribution < -0.4 is 16.4 Å². The third kappa shape index (κ3) is 5.64. The van der Waals surface area contributed by atoms with E-state index >= 15 is 0 Å². The number of nitrogens with one attached hydrogen (secondary N) is 2. The second-order valence-electron chi connectivity index (χ2n) is 7.07. The van der Waals surface area contributed by atoms with Crippen molar-refractivity contribution in [1.82, 2.24) is 15.3 Å². The highest BCUT2D eigenvalue weighted by molar-refractivity contribution is 5.69. The number of anilines is 2. The van der Waals surface area contributed by atoms with Crippen molar-refractivity contribution in [3.63, 3.8) is 0 Å². The fourth-order valence-corrected chi connectivity index (χ4v) is 2.27. The number of nitrogen functional groups attached to an aromatic ring is 1. The molecular weight excluding hydrogens is 339 g/mol. The van der Waals surface area contributed by atoms with Gasteiger partial charge in [-0.25, -0.2) is 9.78 Å². The lowest BCUT2D eigenvalue weighted by Gasteiger charge is -2.23. The number of amides is 1. The molecular formula is C15H22F3N5O2. The molecule has 0 bridgehead atoms. The van der Waals surface area contributed by atoms with Crippen LogP contribution in [0.25, 0.3) is 0 Å².